The Morgan fingerprint density at radius 1 is 1.60 bits per heavy atom. The van der Waals surface area contributed by atoms with Gasteiger partial charge in [-0.25, -0.2) is 0 Å². The fourth-order valence-corrected chi connectivity index (χ4v) is 0.472. The van der Waals surface area contributed by atoms with E-state index >= 15 is 0 Å². The molecule has 0 rings (SSSR count). The number of aliphatic hydroxyl groups is 1. The molecule has 0 aromatic heterocycles. The Balaban J connectivity index is 3.58. The molecule has 0 aliphatic heterocycles. The maximum atomic E-state index is 8.94. The quantitative estimate of drug-likeness (QED) is 0.359. The molecule has 56 valence electrons. The van der Waals surface area contributed by atoms with Crippen LogP contribution < -0.4 is 0 Å². The van der Waals surface area contributed by atoms with Crippen molar-refractivity contribution < 1.29 is 5.11 Å². The highest BCUT2D eigenvalue weighted by molar-refractivity contribution is 5.07. The predicted molar refractivity (Wildman–Crippen MR) is 45.0 cm³/mol. The lowest BCUT2D eigenvalue weighted by Gasteiger charge is -1.87. The molecule has 1 heteroatoms. The fourth-order valence-electron chi connectivity index (χ4n) is 0.472. The Hall–Kier alpha value is -0.980. The minimum atomic E-state index is 0.417. The van der Waals surface area contributed by atoms with Crippen molar-refractivity contribution in [2.24, 2.45) is 0 Å². The van der Waals surface area contributed by atoms with Crippen LogP contribution in [-0.4, -0.2) is 5.11 Å². The van der Waals surface area contributed by atoms with Gasteiger partial charge in [0.15, 0.2) is 0 Å². The van der Waals surface area contributed by atoms with Crippen LogP contribution in [0.25, 0.3) is 0 Å². The van der Waals surface area contributed by atoms with Gasteiger partial charge in [0, 0.05) is 6.42 Å². The summed E-state index contributed by atoms with van der Waals surface area (Å²) in [5.74, 6) is 0.417. The fraction of sp³-hybridized carbons (Fsp3) is 0.333. The van der Waals surface area contributed by atoms with Crippen LogP contribution in [0.3, 0.4) is 0 Å². The average molecular weight is 138 g/mol. The summed E-state index contributed by atoms with van der Waals surface area (Å²) in [6.07, 6.45) is 8.84. The molecule has 0 amide bonds. The van der Waals surface area contributed by atoms with Crippen LogP contribution in [0, 0.1) is 0 Å². The van der Waals surface area contributed by atoms with Crippen molar-refractivity contribution in [2.75, 3.05) is 0 Å². The highest BCUT2D eigenvalue weighted by Gasteiger charge is 1.79. The monoisotopic (exact) mass is 138 g/mol. The second-order valence-corrected chi connectivity index (χ2v) is 1.96. The van der Waals surface area contributed by atoms with Gasteiger partial charge in [-0.05, 0) is 12.5 Å². The molecule has 0 atom stereocenters. The first kappa shape index (κ1) is 9.02. The molecule has 1 nitrogen and oxygen atoms in total. The van der Waals surface area contributed by atoms with Crippen LogP contribution in [0.2, 0.25) is 0 Å². The molecule has 0 aliphatic carbocycles. The smallest absolute Gasteiger partial charge is 0.0919 e. The zero-order valence-corrected chi connectivity index (χ0v) is 6.38. The minimum absolute atomic E-state index is 0.417. The summed E-state index contributed by atoms with van der Waals surface area (Å²) >= 11 is 0. The van der Waals surface area contributed by atoms with E-state index < -0.39 is 0 Å². The molecule has 0 aromatic rings. The highest BCUT2D eigenvalue weighted by Crippen LogP contribution is 1.94. The van der Waals surface area contributed by atoms with Crippen LogP contribution in [-0.2, 0) is 0 Å². The summed E-state index contributed by atoms with van der Waals surface area (Å²) < 4.78 is 0. The van der Waals surface area contributed by atoms with Gasteiger partial charge in [0.2, 0.25) is 0 Å². The average Bonchev–Trinajstić information content (AvgIpc) is 1.98. The van der Waals surface area contributed by atoms with E-state index in [0.717, 1.165) is 6.42 Å². The lowest BCUT2D eigenvalue weighted by atomic mass is 10.3. The third-order valence-corrected chi connectivity index (χ3v) is 1.09. The third-order valence-electron chi connectivity index (χ3n) is 1.09. The number of hydrogen-bond donors (Lipinski definition) is 1. The van der Waals surface area contributed by atoms with Crippen LogP contribution in [0.15, 0.2) is 36.6 Å². The van der Waals surface area contributed by atoms with Gasteiger partial charge in [-0.15, -0.1) is 6.58 Å². The Morgan fingerprint density at radius 2 is 2.30 bits per heavy atom. The van der Waals surface area contributed by atoms with Crippen molar-refractivity contribution in [1.29, 1.82) is 0 Å². The van der Waals surface area contributed by atoms with Gasteiger partial charge in [-0.3, -0.25) is 0 Å². The summed E-state index contributed by atoms with van der Waals surface area (Å²) in [5.41, 5.74) is 0. The maximum Gasteiger partial charge on any atom is 0.0919 e. The van der Waals surface area contributed by atoms with Gasteiger partial charge < -0.3 is 5.11 Å². The van der Waals surface area contributed by atoms with Gasteiger partial charge >= 0.3 is 0 Å². The number of allylic oxidation sites excluding steroid dienone is 5. The first-order chi connectivity index (χ1) is 4.81. The molecule has 0 aromatic carbocycles. The van der Waals surface area contributed by atoms with Crippen molar-refractivity contribution in [3.05, 3.63) is 36.6 Å². The zero-order chi connectivity index (χ0) is 7.82. The maximum absolute atomic E-state index is 8.94. The number of hydrogen-bond acceptors (Lipinski definition) is 1. The van der Waals surface area contributed by atoms with Crippen LogP contribution in [0.5, 0.6) is 0 Å². The van der Waals surface area contributed by atoms with Crippen molar-refractivity contribution in [1.82, 2.24) is 0 Å². The van der Waals surface area contributed by atoms with E-state index in [9.17, 15) is 0 Å². The molecule has 0 radical (unpaired) electrons. The lowest BCUT2D eigenvalue weighted by Crippen LogP contribution is -1.72. The number of aliphatic hydroxyl groups excluding tert-OH is 1. The normalized spacial score (nSPS) is 12.3. The van der Waals surface area contributed by atoms with E-state index in [-0.39, 0.29) is 0 Å². The minimum Gasteiger partial charge on any atom is -0.512 e. The molecule has 10 heavy (non-hydrogen) atoms. The second kappa shape index (κ2) is 6.14. The van der Waals surface area contributed by atoms with Crippen molar-refractivity contribution in [2.45, 2.75) is 19.8 Å². The Kier molecular flexibility index (Phi) is 5.54. The molecular formula is C9H14O. The van der Waals surface area contributed by atoms with Crippen molar-refractivity contribution >= 4 is 0 Å². The van der Waals surface area contributed by atoms with Gasteiger partial charge in [-0.1, -0.05) is 25.2 Å². The summed E-state index contributed by atoms with van der Waals surface area (Å²) in [5, 5.41) is 8.94. The lowest BCUT2D eigenvalue weighted by molar-refractivity contribution is 0.395. The van der Waals surface area contributed by atoms with E-state index in [1.54, 1.807) is 6.08 Å². The van der Waals surface area contributed by atoms with E-state index in [2.05, 4.69) is 6.58 Å². The van der Waals surface area contributed by atoms with E-state index in [1.165, 1.54) is 0 Å². The Bertz CT molecular complexity index is 143. The second-order valence-electron chi connectivity index (χ2n) is 1.96. The summed E-state index contributed by atoms with van der Waals surface area (Å²) in [7, 11) is 0. The highest BCUT2D eigenvalue weighted by atomic mass is 16.3. The van der Waals surface area contributed by atoms with Gasteiger partial charge in [0.05, 0.1) is 5.76 Å². The van der Waals surface area contributed by atoms with Crippen LogP contribution in [0.1, 0.15) is 19.8 Å². The Labute approximate surface area is 62.4 Å². The molecule has 0 saturated heterocycles. The van der Waals surface area contributed by atoms with Crippen molar-refractivity contribution in [3.63, 3.8) is 0 Å². The van der Waals surface area contributed by atoms with Gasteiger partial charge in [0.25, 0.3) is 0 Å². The summed E-state index contributed by atoms with van der Waals surface area (Å²) in [6, 6.07) is 0. The molecule has 1 N–H and O–H groups in total. The largest absolute Gasteiger partial charge is 0.512 e. The molecular weight excluding hydrogens is 124 g/mol. The summed E-state index contributed by atoms with van der Waals surface area (Å²) in [6.45, 7) is 5.47. The first-order valence-electron chi connectivity index (χ1n) is 3.46. The Morgan fingerprint density at radius 3 is 2.80 bits per heavy atom. The molecule has 0 bridgehead atoms. The molecule has 0 saturated carbocycles. The first-order valence-corrected chi connectivity index (χ1v) is 3.46. The van der Waals surface area contributed by atoms with Crippen LogP contribution in [0.4, 0.5) is 0 Å². The molecule has 0 heterocycles. The SMILES string of the molecule is C=CC/C=C/C=C(/O)CC. The number of rotatable bonds is 4. The standard InChI is InChI=1S/C9H14O/c1-3-5-6-7-8-9(10)4-2/h3,6-8,10H,1,4-5H2,2H3/b7-6+,9-8+. The predicted octanol–water partition coefficient (Wildman–Crippen LogP) is 2.97. The van der Waals surface area contributed by atoms with E-state index in [0.29, 0.717) is 12.2 Å². The van der Waals surface area contributed by atoms with E-state index in [4.69, 9.17) is 5.11 Å². The molecule has 0 aliphatic rings. The van der Waals surface area contributed by atoms with Gasteiger partial charge in [0.1, 0.15) is 0 Å². The molecule has 0 fully saturated rings. The van der Waals surface area contributed by atoms with Crippen molar-refractivity contribution in [3.8, 4) is 0 Å². The third kappa shape index (κ3) is 5.16. The molecule has 0 unspecified atom stereocenters. The topological polar surface area (TPSA) is 20.2 Å². The van der Waals surface area contributed by atoms with E-state index in [1.807, 2.05) is 25.2 Å². The van der Waals surface area contributed by atoms with Crippen LogP contribution >= 0.6 is 0 Å². The molecule has 0 spiro atoms. The summed E-state index contributed by atoms with van der Waals surface area (Å²) in [4.78, 5) is 0. The zero-order valence-electron chi connectivity index (χ0n) is 6.38. The van der Waals surface area contributed by atoms with Gasteiger partial charge in [-0.2, -0.15) is 0 Å².